The summed E-state index contributed by atoms with van der Waals surface area (Å²) in [6.07, 6.45) is 0.888. The molecule has 0 saturated heterocycles. The average Bonchev–Trinajstić information content (AvgIpc) is 2.64. The number of nitrogens with zero attached hydrogens (tertiary/aromatic N) is 1. The van der Waals surface area contributed by atoms with E-state index in [4.69, 9.17) is 0 Å². The predicted octanol–water partition coefficient (Wildman–Crippen LogP) is 2.85. The molecule has 2 aromatic rings. The molecule has 1 N–H and O–H groups in total. The number of carbonyl (C=O) groups is 1. The molecular weight excluding hydrogens is 374 g/mol. The Balaban J connectivity index is 1.87. The van der Waals surface area contributed by atoms with Crippen LogP contribution in [-0.4, -0.2) is 32.8 Å². The standard InChI is InChI=1S/C19H22F2N2O3S/c1-3-14-4-6-15(7-5-14)13-23(2)19(24)10-11-22-27(25,26)16-8-9-17(20)18(21)12-16/h4-9,12,22H,3,10-11,13H2,1-2H3. The fraction of sp³-hybridized carbons (Fsp3) is 0.316. The van der Waals surface area contributed by atoms with E-state index in [2.05, 4.69) is 11.6 Å². The monoisotopic (exact) mass is 396 g/mol. The molecule has 0 aliphatic carbocycles. The summed E-state index contributed by atoms with van der Waals surface area (Å²) < 4.78 is 52.5. The van der Waals surface area contributed by atoms with Crippen molar-refractivity contribution in [3.63, 3.8) is 0 Å². The van der Waals surface area contributed by atoms with Gasteiger partial charge >= 0.3 is 0 Å². The van der Waals surface area contributed by atoms with Crippen LogP contribution in [0.4, 0.5) is 8.78 Å². The maximum Gasteiger partial charge on any atom is 0.240 e. The number of sulfonamides is 1. The Morgan fingerprint density at radius 3 is 2.26 bits per heavy atom. The number of halogens is 2. The third-order valence-electron chi connectivity index (χ3n) is 4.11. The molecule has 5 nitrogen and oxygen atoms in total. The highest BCUT2D eigenvalue weighted by molar-refractivity contribution is 7.89. The van der Waals surface area contributed by atoms with E-state index < -0.39 is 26.6 Å². The van der Waals surface area contributed by atoms with Crippen LogP contribution >= 0.6 is 0 Å². The number of rotatable bonds is 8. The van der Waals surface area contributed by atoms with Gasteiger partial charge in [0.05, 0.1) is 4.90 Å². The molecule has 0 aliphatic heterocycles. The molecular formula is C19H22F2N2O3S. The van der Waals surface area contributed by atoms with E-state index in [1.165, 1.54) is 10.5 Å². The second-order valence-corrected chi connectivity index (χ2v) is 7.91. The lowest BCUT2D eigenvalue weighted by atomic mass is 10.1. The molecule has 0 unspecified atom stereocenters. The molecule has 27 heavy (non-hydrogen) atoms. The predicted molar refractivity (Wildman–Crippen MR) is 98.5 cm³/mol. The Labute approximate surface area is 158 Å². The molecule has 0 aromatic heterocycles. The smallest absolute Gasteiger partial charge is 0.240 e. The second kappa shape index (κ2) is 9.05. The number of nitrogens with one attached hydrogen (secondary N) is 1. The van der Waals surface area contributed by atoms with Crippen LogP contribution in [0.1, 0.15) is 24.5 Å². The van der Waals surface area contributed by atoms with Crippen LogP contribution in [0.25, 0.3) is 0 Å². The normalized spacial score (nSPS) is 11.4. The minimum atomic E-state index is -4.01. The highest BCUT2D eigenvalue weighted by Gasteiger charge is 2.17. The Bertz CT molecular complexity index is 900. The van der Waals surface area contributed by atoms with Gasteiger partial charge in [0.15, 0.2) is 11.6 Å². The maximum atomic E-state index is 13.2. The van der Waals surface area contributed by atoms with E-state index in [0.29, 0.717) is 12.6 Å². The number of aryl methyl sites for hydroxylation is 1. The van der Waals surface area contributed by atoms with Crippen molar-refractivity contribution in [1.29, 1.82) is 0 Å². The number of benzene rings is 2. The summed E-state index contributed by atoms with van der Waals surface area (Å²) in [6.45, 7) is 2.34. The number of carbonyl (C=O) groups excluding carboxylic acids is 1. The molecule has 146 valence electrons. The molecule has 0 aliphatic rings. The second-order valence-electron chi connectivity index (χ2n) is 6.14. The zero-order valence-corrected chi connectivity index (χ0v) is 16.0. The third-order valence-corrected chi connectivity index (χ3v) is 5.57. The van der Waals surface area contributed by atoms with E-state index in [9.17, 15) is 22.0 Å². The van der Waals surface area contributed by atoms with Crippen molar-refractivity contribution < 1.29 is 22.0 Å². The molecule has 0 spiro atoms. The lowest BCUT2D eigenvalue weighted by Crippen LogP contribution is -2.32. The quantitative estimate of drug-likeness (QED) is 0.746. The van der Waals surface area contributed by atoms with E-state index in [1.807, 2.05) is 24.3 Å². The van der Waals surface area contributed by atoms with Crippen LogP contribution in [0.5, 0.6) is 0 Å². The first-order chi connectivity index (χ1) is 12.7. The maximum absolute atomic E-state index is 13.2. The molecule has 0 radical (unpaired) electrons. The van der Waals surface area contributed by atoms with Crippen molar-refractivity contribution in [3.8, 4) is 0 Å². The molecule has 0 saturated carbocycles. The van der Waals surface area contributed by atoms with Gasteiger partial charge in [-0.1, -0.05) is 31.2 Å². The lowest BCUT2D eigenvalue weighted by Gasteiger charge is -2.17. The van der Waals surface area contributed by atoms with Crippen LogP contribution in [-0.2, 0) is 27.8 Å². The van der Waals surface area contributed by atoms with Gasteiger partial charge in [0, 0.05) is 26.6 Å². The molecule has 0 fully saturated rings. The van der Waals surface area contributed by atoms with Gasteiger partial charge < -0.3 is 4.90 Å². The van der Waals surface area contributed by atoms with Crippen molar-refractivity contribution >= 4 is 15.9 Å². The summed E-state index contributed by atoms with van der Waals surface area (Å²) in [5.41, 5.74) is 2.18. The lowest BCUT2D eigenvalue weighted by molar-refractivity contribution is -0.130. The largest absolute Gasteiger partial charge is 0.341 e. The summed E-state index contributed by atoms with van der Waals surface area (Å²) in [4.78, 5) is 13.3. The molecule has 0 atom stereocenters. The van der Waals surface area contributed by atoms with Gasteiger partial charge in [0.2, 0.25) is 15.9 Å². The Morgan fingerprint density at radius 2 is 1.67 bits per heavy atom. The van der Waals surface area contributed by atoms with Crippen molar-refractivity contribution in [2.24, 2.45) is 0 Å². The van der Waals surface area contributed by atoms with Crippen LogP contribution in [0, 0.1) is 11.6 Å². The summed E-state index contributed by atoms with van der Waals surface area (Å²) >= 11 is 0. The first-order valence-corrected chi connectivity index (χ1v) is 9.97. The van der Waals surface area contributed by atoms with E-state index in [-0.39, 0.29) is 18.9 Å². The van der Waals surface area contributed by atoms with Gasteiger partial charge in [-0.05, 0) is 35.7 Å². The molecule has 2 aromatic carbocycles. The van der Waals surface area contributed by atoms with Gasteiger partial charge in [0.1, 0.15) is 0 Å². The fourth-order valence-electron chi connectivity index (χ4n) is 2.45. The summed E-state index contributed by atoms with van der Waals surface area (Å²) in [5, 5.41) is 0. The van der Waals surface area contributed by atoms with E-state index in [1.54, 1.807) is 7.05 Å². The van der Waals surface area contributed by atoms with Crippen LogP contribution in [0.15, 0.2) is 47.4 Å². The number of amides is 1. The molecule has 0 heterocycles. The van der Waals surface area contributed by atoms with Gasteiger partial charge in [-0.15, -0.1) is 0 Å². The van der Waals surface area contributed by atoms with E-state index in [0.717, 1.165) is 24.1 Å². The first-order valence-electron chi connectivity index (χ1n) is 8.49. The minimum Gasteiger partial charge on any atom is -0.341 e. The van der Waals surface area contributed by atoms with Crippen LogP contribution in [0.3, 0.4) is 0 Å². The van der Waals surface area contributed by atoms with Crippen LogP contribution < -0.4 is 4.72 Å². The minimum absolute atomic E-state index is 0.0492. The highest BCUT2D eigenvalue weighted by atomic mass is 32.2. The molecule has 1 amide bonds. The highest BCUT2D eigenvalue weighted by Crippen LogP contribution is 2.13. The summed E-state index contributed by atoms with van der Waals surface area (Å²) in [5.74, 6) is -2.61. The average molecular weight is 396 g/mol. The summed E-state index contributed by atoms with van der Waals surface area (Å²) in [7, 11) is -2.38. The van der Waals surface area contributed by atoms with Crippen LogP contribution in [0.2, 0.25) is 0 Å². The van der Waals surface area contributed by atoms with Gasteiger partial charge in [0.25, 0.3) is 0 Å². The first kappa shape index (κ1) is 21.0. The Kier molecular flexibility index (Phi) is 7.04. The van der Waals surface area contributed by atoms with Crippen molar-refractivity contribution in [2.45, 2.75) is 31.2 Å². The zero-order chi connectivity index (χ0) is 20.0. The Hall–Kier alpha value is -2.32. The topological polar surface area (TPSA) is 66.5 Å². The summed E-state index contributed by atoms with van der Waals surface area (Å²) in [6, 6.07) is 10.2. The van der Waals surface area contributed by atoms with Gasteiger partial charge in [-0.25, -0.2) is 21.9 Å². The van der Waals surface area contributed by atoms with Gasteiger partial charge in [-0.3, -0.25) is 4.79 Å². The molecule has 8 heteroatoms. The number of hydrogen-bond donors (Lipinski definition) is 1. The van der Waals surface area contributed by atoms with E-state index >= 15 is 0 Å². The number of hydrogen-bond acceptors (Lipinski definition) is 3. The SMILES string of the molecule is CCc1ccc(CN(C)C(=O)CCNS(=O)(=O)c2ccc(F)c(F)c2)cc1. The molecule has 2 rings (SSSR count). The van der Waals surface area contributed by atoms with Crippen molar-refractivity contribution in [3.05, 3.63) is 65.2 Å². The Morgan fingerprint density at radius 1 is 1.04 bits per heavy atom. The van der Waals surface area contributed by atoms with Gasteiger partial charge in [-0.2, -0.15) is 0 Å². The fourth-order valence-corrected chi connectivity index (χ4v) is 3.50. The van der Waals surface area contributed by atoms with Crippen molar-refractivity contribution in [2.75, 3.05) is 13.6 Å². The third kappa shape index (κ3) is 5.83. The van der Waals surface area contributed by atoms with Crippen molar-refractivity contribution in [1.82, 2.24) is 9.62 Å². The zero-order valence-electron chi connectivity index (χ0n) is 15.2. The molecule has 0 bridgehead atoms.